The van der Waals surface area contributed by atoms with Gasteiger partial charge in [0.15, 0.2) is 0 Å². The number of carboxylic acid groups (broad SMARTS) is 2. The fourth-order valence-corrected chi connectivity index (χ4v) is 3.81. The molecule has 0 aliphatic heterocycles. The summed E-state index contributed by atoms with van der Waals surface area (Å²) in [5.74, 6) is -1.38. The highest BCUT2D eigenvalue weighted by Crippen LogP contribution is 2.19. The molecule has 4 aromatic carbocycles. The van der Waals surface area contributed by atoms with Crippen LogP contribution in [0.15, 0.2) is 97.1 Å². The van der Waals surface area contributed by atoms with Gasteiger partial charge in [-0.15, -0.1) is 0 Å². The standard InChI is InChI=1S/C31H28N2O8/c34-29(27-8-3-4-9-28(27)31(37)38)32-22-10-14-24(15-11-22)39-18-5-19-40-25-16-12-23(13-17-25)33-41-20-21-6-1-2-7-26(21)30(35)36/h1-4,6-17,33H,5,18-20H2,(H,32,34)(H,35,36)(H,37,38). The minimum absolute atomic E-state index is 0.0646. The molecule has 0 spiro atoms. The molecule has 0 aliphatic carbocycles. The van der Waals surface area contributed by atoms with E-state index in [2.05, 4.69) is 10.8 Å². The predicted octanol–water partition coefficient (Wildman–Crippen LogP) is 5.73. The average molecular weight is 557 g/mol. The first-order valence-corrected chi connectivity index (χ1v) is 12.7. The summed E-state index contributed by atoms with van der Waals surface area (Å²) in [7, 11) is 0. The van der Waals surface area contributed by atoms with Gasteiger partial charge in [-0.1, -0.05) is 30.3 Å². The molecule has 0 aliphatic rings. The molecule has 0 fully saturated rings. The van der Waals surface area contributed by atoms with E-state index in [1.807, 2.05) is 0 Å². The first kappa shape index (κ1) is 28.7. The number of carbonyl (C=O) groups excluding carboxylic acids is 1. The van der Waals surface area contributed by atoms with E-state index in [1.165, 1.54) is 18.2 Å². The van der Waals surface area contributed by atoms with Crippen molar-refractivity contribution in [3.05, 3.63) is 119 Å². The Labute approximate surface area is 236 Å². The number of hydrogen-bond acceptors (Lipinski definition) is 7. The Morgan fingerprint density at radius 3 is 1.71 bits per heavy atom. The summed E-state index contributed by atoms with van der Waals surface area (Å²) < 4.78 is 11.5. The van der Waals surface area contributed by atoms with Crippen LogP contribution in [-0.2, 0) is 11.4 Å². The molecule has 4 aromatic rings. The highest BCUT2D eigenvalue weighted by molar-refractivity contribution is 6.10. The molecule has 0 unspecified atom stereocenters. The Kier molecular flexibility index (Phi) is 9.89. The zero-order valence-electron chi connectivity index (χ0n) is 21.9. The summed E-state index contributed by atoms with van der Waals surface area (Å²) >= 11 is 0. The van der Waals surface area contributed by atoms with E-state index in [9.17, 15) is 24.6 Å². The molecule has 0 heterocycles. The number of carbonyl (C=O) groups is 3. The van der Waals surface area contributed by atoms with Gasteiger partial charge in [0.05, 0.1) is 35.6 Å². The van der Waals surface area contributed by atoms with Crippen molar-refractivity contribution >= 4 is 29.2 Å². The smallest absolute Gasteiger partial charge is 0.336 e. The highest BCUT2D eigenvalue weighted by atomic mass is 16.6. The third kappa shape index (κ3) is 8.32. The molecule has 0 radical (unpaired) electrons. The van der Waals surface area contributed by atoms with Crippen LogP contribution in [0.25, 0.3) is 0 Å². The van der Waals surface area contributed by atoms with Crippen molar-refractivity contribution in [2.45, 2.75) is 13.0 Å². The molecular weight excluding hydrogens is 528 g/mol. The lowest BCUT2D eigenvalue weighted by Gasteiger charge is -2.11. The molecule has 210 valence electrons. The third-order valence-corrected chi connectivity index (χ3v) is 5.86. The van der Waals surface area contributed by atoms with E-state index in [4.69, 9.17) is 14.3 Å². The van der Waals surface area contributed by atoms with E-state index in [0.29, 0.717) is 48.1 Å². The lowest BCUT2D eigenvalue weighted by molar-refractivity contribution is 0.0682. The molecule has 1 amide bonds. The van der Waals surface area contributed by atoms with Crippen molar-refractivity contribution in [1.29, 1.82) is 0 Å². The average Bonchev–Trinajstić information content (AvgIpc) is 2.98. The number of hydrogen-bond donors (Lipinski definition) is 4. The summed E-state index contributed by atoms with van der Waals surface area (Å²) in [4.78, 5) is 40.5. The number of amides is 1. The maximum atomic E-state index is 12.5. The number of aromatic carboxylic acids is 2. The van der Waals surface area contributed by atoms with Crippen LogP contribution in [-0.4, -0.2) is 41.3 Å². The molecule has 10 nitrogen and oxygen atoms in total. The lowest BCUT2D eigenvalue weighted by atomic mass is 10.1. The summed E-state index contributed by atoms with van der Waals surface area (Å²) in [6, 6.07) is 26.6. The topological polar surface area (TPSA) is 143 Å². The maximum Gasteiger partial charge on any atom is 0.336 e. The van der Waals surface area contributed by atoms with Crippen LogP contribution >= 0.6 is 0 Å². The number of ether oxygens (including phenoxy) is 2. The van der Waals surface area contributed by atoms with Gasteiger partial charge in [0.1, 0.15) is 18.1 Å². The highest BCUT2D eigenvalue weighted by Gasteiger charge is 2.16. The SMILES string of the molecule is O=C(O)c1ccccc1CONc1ccc(OCCCOc2ccc(NC(=O)c3ccccc3C(=O)O)cc2)cc1. The van der Waals surface area contributed by atoms with Gasteiger partial charge in [0, 0.05) is 12.1 Å². The second-order valence-corrected chi connectivity index (χ2v) is 8.76. The molecule has 4 N–H and O–H groups in total. The summed E-state index contributed by atoms with van der Waals surface area (Å²) in [6.45, 7) is 0.953. The van der Waals surface area contributed by atoms with Crippen LogP contribution in [0, 0.1) is 0 Å². The summed E-state index contributed by atoms with van der Waals surface area (Å²) in [5.41, 5.74) is 4.78. The van der Waals surface area contributed by atoms with Gasteiger partial charge in [-0.05, 0) is 72.3 Å². The van der Waals surface area contributed by atoms with Gasteiger partial charge in [0.25, 0.3) is 5.91 Å². The fraction of sp³-hybridized carbons (Fsp3) is 0.129. The van der Waals surface area contributed by atoms with Gasteiger partial charge in [0.2, 0.25) is 0 Å². The van der Waals surface area contributed by atoms with Gasteiger partial charge in [-0.2, -0.15) is 0 Å². The first-order valence-electron chi connectivity index (χ1n) is 12.7. The van der Waals surface area contributed by atoms with Crippen molar-refractivity contribution in [2.24, 2.45) is 0 Å². The molecule has 0 aromatic heterocycles. The zero-order chi connectivity index (χ0) is 29.0. The second-order valence-electron chi connectivity index (χ2n) is 8.76. The van der Waals surface area contributed by atoms with Crippen LogP contribution in [0.3, 0.4) is 0 Å². The van der Waals surface area contributed by atoms with E-state index >= 15 is 0 Å². The third-order valence-electron chi connectivity index (χ3n) is 5.86. The van der Waals surface area contributed by atoms with Gasteiger partial charge < -0.3 is 25.0 Å². The lowest BCUT2D eigenvalue weighted by Crippen LogP contribution is -2.16. The van der Waals surface area contributed by atoms with E-state index in [-0.39, 0.29) is 23.3 Å². The van der Waals surface area contributed by atoms with E-state index in [0.717, 1.165) is 0 Å². The minimum Gasteiger partial charge on any atom is -0.493 e. The van der Waals surface area contributed by atoms with Gasteiger partial charge in [-0.3, -0.25) is 15.1 Å². The van der Waals surface area contributed by atoms with Gasteiger partial charge >= 0.3 is 11.9 Å². The minimum atomic E-state index is -1.17. The molecule has 0 saturated carbocycles. The Morgan fingerprint density at radius 1 is 0.610 bits per heavy atom. The largest absolute Gasteiger partial charge is 0.493 e. The molecule has 41 heavy (non-hydrogen) atoms. The van der Waals surface area contributed by atoms with Crippen LogP contribution in [0.2, 0.25) is 0 Å². The Morgan fingerprint density at radius 2 is 1.12 bits per heavy atom. The molecule has 4 rings (SSSR count). The van der Waals surface area contributed by atoms with Crippen LogP contribution < -0.4 is 20.3 Å². The fourth-order valence-electron chi connectivity index (χ4n) is 3.81. The van der Waals surface area contributed by atoms with E-state index in [1.54, 1.807) is 78.9 Å². The molecule has 0 saturated heterocycles. The van der Waals surface area contributed by atoms with Crippen molar-refractivity contribution in [3.63, 3.8) is 0 Å². The monoisotopic (exact) mass is 556 g/mol. The molecular formula is C31H28N2O8. The number of carboxylic acids is 2. The first-order chi connectivity index (χ1) is 19.9. The Bertz CT molecular complexity index is 1490. The van der Waals surface area contributed by atoms with Gasteiger partial charge in [-0.25, -0.2) is 9.59 Å². The van der Waals surface area contributed by atoms with Crippen molar-refractivity contribution in [1.82, 2.24) is 0 Å². The number of nitrogens with one attached hydrogen (secondary N) is 2. The second kappa shape index (κ2) is 14.2. The summed E-state index contributed by atoms with van der Waals surface area (Å²) in [5, 5.41) is 21.2. The Hall–Kier alpha value is -5.35. The predicted molar refractivity (Wildman–Crippen MR) is 152 cm³/mol. The van der Waals surface area contributed by atoms with Crippen LogP contribution in [0.5, 0.6) is 11.5 Å². The zero-order valence-corrected chi connectivity index (χ0v) is 21.9. The maximum absolute atomic E-state index is 12.5. The van der Waals surface area contributed by atoms with Crippen molar-refractivity contribution in [2.75, 3.05) is 24.0 Å². The molecule has 0 atom stereocenters. The number of rotatable bonds is 14. The normalized spacial score (nSPS) is 10.4. The van der Waals surface area contributed by atoms with Crippen molar-refractivity contribution in [3.8, 4) is 11.5 Å². The van der Waals surface area contributed by atoms with Crippen LogP contribution in [0.1, 0.15) is 43.1 Å². The summed E-state index contributed by atoms with van der Waals surface area (Å²) in [6.07, 6.45) is 0.635. The molecule has 0 bridgehead atoms. The van der Waals surface area contributed by atoms with E-state index < -0.39 is 17.8 Å². The quantitative estimate of drug-likeness (QED) is 0.113. The van der Waals surface area contributed by atoms with Crippen molar-refractivity contribution < 1.29 is 38.9 Å². The molecule has 10 heteroatoms. The number of anilines is 2. The van der Waals surface area contributed by atoms with Crippen LogP contribution in [0.4, 0.5) is 11.4 Å². The Balaban J connectivity index is 1.14. The number of benzene rings is 4.